The zero-order valence-corrected chi connectivity index (χ0v) is 21.6. The summed E-state index contributed by atoms with van der Waals surface area (Å²) in [4.78, 5) is 32.9. The van der Waals surface area contributed by atoms with E-state index in [1.165, 1.54) is 0 Å². The van der Waals surface area contributed by atoms with Crippen molar-refractivity contribution in [3.63, 3.8) is 0 Å². The molecule has 2 aromatic heterocycles. The molecule has 1 aliphatic heterocycles. The lowest BCUT2D eigenvalue weighted by atomic mass is 9.98. The number of hydrogen-bond donors (Lipinski definition) is 2. The van der Waals surface area contributed by atoms with Crippen molar-refractivity contribution in [3.8, 4) is 11.5 Å². The molecule has 10 heteroatoms. The number of carbonyl (C=O) groups is 1. The number of hydrogen-bond acceptors (Lipinski definition) is 8. The topological polar surface area (TPSA) is 114 Å². The van der Waals surface area contributed by atoms with Crippen LogP contribution in [0.15, 0.2) is 35.3 Å². The SMILES string of the molecule is CSCCCC(=O)N(C)CCn1c(=O)c2cc(CO)c(CO)cc2c2cnc3cc4c(cc3c21)OCO4. The Balaban J connectivity index is 1.70. The van der Waals surface area contributed by atoms with Crippen LogP contribution in [0, 0.1) is 0 Å². The minimum Gasteiger partial charge on any atom is -0.454 e. The monoisotopic (exact) mass is 523 g/mol. The van der Waals surface area contributed by atoms with Gasteiger partial charge in [0.25, 0.3) is 5.56 Å². The van der Waals surface area contributed by atoms with Crippen molar-refractivity contribution in [1.82, 2.24) is 14.5 Å². The summed E-state index contributed by atoms with van der Waals surface area (Å²) in [5.41, 5.74) is 2.13. The van der Waals surface area contributed by atoms with E-state index < -0.39 is 0 Å². The van der Waals surface area contributed by atoms with Crippen LogP contribution in [0.5, 0.6) is 11.5 Å². The van der Waals surface area contributed by atoms with Gasteiger partial charge >= 0.3 is 0 Å². The highest BCUT2D eigenvalue weighted by Crippen LogP contribution is 2.38. The summed E-state index contributed by atoms with van der Waals surface area (Å²) < 4.78 is 12.8. The van der Waals surface area contributed by atoms with Crippen molar-refractivity contribution in [2.45, 2.75) is 32.6 Å². The summed E-state index contributed by atoms with van der Waals surface area (Å²) in [6.07, 6.45) is 5.01. The van der Waals surface area contributed by atoms with Gasteiger partial charge in [-0.25, -0.2) is 0 Å². The Morgan fingerprint density at radius 3 is 2.46 bits per heavy atom. The quantitative estimate of drug-likeness (QED) is 0.254. The van der Waals surface area contributed by atoms with Crippen LogP contribution in [0.4, 0.5) is 0 Å². The highest BCUT2D eigenvalue weighted by atomic mass is 32.2. The number of pyridine rings is 2. The number of carbonyl (C=O) groups excluding carboxylic acids is 1. The summed E-state index contributed by atoms with van der Waals surface area (Å²) in [5, 5.41) is 22.2. The standard InChI is InChI=1S/C27H29N3O6S/c1-29(25(33)4-3-7-37-2)5-6-30-26-20-10-23-24(36-15-35-23)11-22(20)28-12-21(26)18-8-16(13-31)17(14-32)9-19(18)27(30)34/h8-12,31-32H,3-7,13-15H2,1-2H3. The van der Waals surface area contributed by atoms with Gasteiger partial charge in [0.05, 0.1) is 24.2 Å². The lowest BCUT2D eigenvalue weighted by Crippen LogP contribution is -2.33. The van der Waals surface area contributed by atoms with Gasteiger partial charge in [-0.15, -0.1) is 0 Å². The summed E-state index contributed by atoms with van der Waals surface area (Å²) in [6, 6.07) is 7.02. The lowest BCUT2D eigenvalue weighted by molar-refractivity contribution is -0.130. The van der Waals surface area contributed by atoms with E-state index >= 15 is 0 Å². The molecule has 1 aliphatic rings. The van der Waals surface area contributed by atoms with Crippen molar-refractivity contribution in [1.29, 1.82) is 0 Å². The smallest absolute Gasteiger partial charge is 0.259 e. The third-order valence-corrected chi connectivity index (χ3v) is 7.57. The van der Waals surface area contributed by atoms with Gasteiger partial charge in [0.2, 0.25) is 12.7 Å². The second-order valence-electron chi connectivity index (χ2n) is 9.09. The maximum Gasteiger partial charge on any atom is 0.259 e. The summed E-state index contributed by atoms with van der Waals surface area (Å²) >= 11 is 1.71. The number of benzene rings is 2. The minimum atomic E-state index is -0.296. The average Bonchev–Trinajstić information content (AvgIpc) is 3.38. The van der Waals surface area contributed by atoms with Crippen LogP contribution in [0.2, 0.25) is 0 Å². The number of aliphatic hydroxyl groups excluding tert-OH is 2. The van der Waals surface area contributed by atoms with Crippen LogP contribution in [-0.4, -0.2) is 63.0 Å². The molecule has 0 fully saturated rings. The highest BCUT2D eigenvalue weighted by molar-refractivity contribution is 7.98. The zero-order chi connectivity index (χ0) is 26.1. The molecule has 5 rings (SSSR count). The third-order valence-electron chi connectivity index (χ3n) is 6.87. The number of ether oxygens (including phenoxy) is 2. The number of aliphatic hydroxyl groups is 2. The summed E-state index contributed by atoms with van der Waals surface area (Å²) in [7, 11) is 1.75. The maximum atomic E-state index is 13.9. The first-order valence-electron chi connectivity index (χ1n) is 12.1. The second-order valence-corrected chi connectivity index (χ2v) is 10.1. The van der Waals surface area contributed by atoms with Crippen LogP contribution >= 0.6 is 11.8 Å². The third kappa shape index (κ3) is 4.60. The molecule has 0 spiro atoms. The fourth-order valence-electron chi connectivity index (χ4n) is 4.83. The fraction of sp³-hybridized carbons (Fsp3) is 0.370. The molecule has 194 valence electrons. The van der Waals surface area contributed by atoms with Gasteiger partial charge in [-0.3, -0.25) is 14.6 Å². The van der Waals surface area contributed by atoms with Gasteiger partial charge < -0.3 is 29.2 Å². The van der Waals surface area contributed by atoms with Crippen molar-refractivity contribution in [3.05, 3.63) is 51.9 Å². The first kappa shape index (κ1) is 25.3. The molecule has 0 saturated heterocycles. The van der Waals surface area contributed by atoms with Gasteiger partial charge in [-0.2, -0.15) is 11.8 Å². The van der Waals surface area contributed by atoms with Crippen LogP contribution < -0.4 is 15.0 Å². The van der Waals surface area contributed by atoms with E-state index in [1.54, 1.807) is 52.7 Å². The highest BCUT2D eigenvalue weighted by Gasteiger charge is 2.21. The summed E-state index contributed by atoms with van der Waals surface area (Å²) in [6.45, 7) is 0.191. The molecule has 0 radical (unpaired) electrons. The maximum absolute atomic E-state index is 13.9. The van der Waals surface area contributed by atoms with Crippen LogP contribution in [0.3, 0.4) is 0 Å². The number of fused-ring (bicyclic) bond motifs is 6. The van der Waals surface area contributed by atoms with E-state index in [-0.39, 0.29) is 38.0 Å². The lowest BCUT2D eigenvalue weighted by Gasteiger charge is -2.21. The Hall–Kier alpha value is -3.34. The molecule has 0 aliphatic carbocycles. The van der Waals surface area contributed by atoms with E-state index in [4.69, 9.17) is 9.47 Å². The number of thioether (sulfide) groups is 1. The molecular formula is C27H29N3O6S. The molecule has 9 nitrogen and oxygen atoms in total. The number of aromatic nitrogens is 2. The van der Waals surface area contributed by atoms with E-state index in [1.807, 2.05) is 12.3 Å². The summed E-state index contributed by atoms with van der Waals surface area (Å²) in [5.74, 6) is 2.14. The first-order valence-corrected chi connectivity index (χ1v) is 13.5. The largest absolute Gasteiger partial charge is 0.454 e. The van der Waals surface area contributed by atoms with Crippen molar-refractivity contribution < 1.29 is 24.5 Å². The molecule has 4 aromatic rings. The number of nitrogens with zero attached hydrogens (tertiary/aromatic N) is 3. The van der Waals surface area contributed by atoms with E-state index in [2.05, 4.69) is 4.98 Å². The number of likely N-dealkylation sites (N-methyl/N-ethyl adjacent to an activating group) is 1. The fourth-order valence-corrected chi connectivity index (χ4v) is 5.27. The number of rotatable bonds is 9. The predicted octanol–water partition coefficient (Wildman–Crippen LogP) is 3.02. The van der Waals surface area contributed by atoms with Crippen molar-refractivity contribution >= 4 is 50.2 Å². The average molecular weight is 524 g/mol. The van der Waals surface area contributed by atoms with E-state index in [0.717, 1.165) is 22.9 Å². The molecule has 0 atom stereocenters. The van der Waals surface area contributed by atoms with Gasteiger partial charge in [-0.1, -0.05) is 0 Å². The van der Waals surface area contributed by atoms with Gasteiger partial charge in [0, 0.05) is 55.0 Å². The molecule has 0 bridgehead atoms. The molecule has 0 saturated carbocycles. The van der Waals surface area contributed by atoms with Gasteiger partial charge in [-0.05, 0) is 53.1 Å². The van der Waals surface area contributed by atoms with Crippen molar-refractivity contribution in [2.24, 2.45) is 0 Å². The Kier molecular flexibility index (Phi) is 7.23. The predicted molar refractivity (Wildman–Crippen MR) is 144 cm³/mol. The molecule has 2 N–H and O–H groups in total. The molecular weight excluding hydrogens is 494 g/mol. The molecule has 37 heavy (non-hydrogen) atoms. The molecule has 2 aromatic carbocycles. The van der Waals surface area contributed by atoms with Gasteiger partial charge in [0.15, 0.2) is 11.5 Å². The van der Waals surface area contributed by atoms with Gasteiger partial charge in [0.1, 0.15) is 0 Å². The Labute approximate surface area is 217 Å². The van der Waals surface area contributed by atoms with Crippen molar-refractivity contribution in [2.75, 3.05) is 32.4 Å². The van der Waals surface area contributed by atoms with Crippen LogP contribution in [0.1, 0.15) is 24.0 Å². The Morgan fingerprint density at radius 1 is 1.05 bits per heavy atom. The van der Waals surface area contributed by atoms with E-state index in [0.29, 0.717) is 57.4 Å². The normalized spacial score (nSPS) is 12.6. The van der Waals surface area contributed by atoms with Crippen LogP contribution in [-0.2, 0) is 24.6 Å². The van der Waals surface area contributed by atoms with E-state index in [9.17, 15) is 19.8 Å². The zero-order valence-electron chi connectivity index (χ0n) is 20.8. The molecule has 3 heterocycles. The first-order chi connectivity index (χ1) is 18.0. The molecule has 0 unspecified atom stereocenters. The minimum absolute atomic E-state index is 0.0391. The molecule has 1 amide bonds. The second kappa shape index (κ2) is 10.6. The van der Waals surface area contributed by atoms with Crippen LogP contribution in [0.25, 0.3) is 32.6 Å². The Bertz CT molecular complexity index is 1570. The Morgan fingerprint density at radius 2 is 1.76 bits per heavy atom. The number of amides is 1.